The number of nitrogens with zero attached hydrogens (tertiary/aromatic N) is 3. The van der Waals surface area contributed by atoms with Crippen LogP contribution in [-0.4, -0.2) is 66.1 Å². The third-order valence-electron chi connectivity index (χ3n) is 5.09. The van der Waals surface area contributed by atoms with Gasteiger partial charge in [-0.3, -0.25) is 4.79 Å². The number of halogens is 1. The summed E-state index contributed by atoms with van der Waals surface area (Å²) in [7, 11) is 4.26. The molecule has 6 heteroatoms. The first-order chi connectivity index (χ1) is 11.0. The second-order valence-corrected chi connectivity index (χ2v) is 7.17. The van der Waals surface area contributed by atoms with Crippen LogP contribution in [-0.2, 0) is 4.74 Å². The lowest BCUT2D eigenvalue weighted by molar-refractivity contribution is -0.125. The lowest BCUT2D eigenvalue weighted by Crippen LogP contribution is -2.53. The van der Waals surface area contributed by atoms with Crippen molar-refractivity contribution in [2.24, 2.45) is 0 Å². The van der Waals surface area contributed by atoms with Crippen molar-refractivity contribution < 1.29 is 9.53 Å². The van der Waals surface area contributed by atoms with Crippen LogP contribution in [0.5, 0.6) is 0 Å². The van der Waals surface area contributed by atoms with E-state index >= 15 is 0 Å². The Kier molecular flexibility index (Phi) is 4.90. The van der Waals surface area contributed by atoms with Crippen LogP contribution in [0.1, 0.15) is 36.2 Å². The molecule has 5 nitrogen and oxygen atoms in total. The molecule has 1 aromatic rings. The summed E-state index contributed by atoms with van der Waals surface area (Å²) >= 11 is 5.88. The molecule has 3 rings (SSSR count). The Bertz CT molecular complexity index is 571. The molecule has 0 bridgehead atoms. The number of carbonyl (C=O) groups is 1. The Hall–Kier alpha value is -1.17. The lowest BCUT2D eigenvalue weighted by Gasteiger charge is -2.47. The molecule has 0 N–H and O–H groups in total. The minimum Gasteiger partial charge on any atom is -0.375 e. The fraction of sp³-hybridized carbons (Fsp3) is 0.647. The SMILES string of the molecule is CN(C)C1CCOC2(CCN(C(=O)c3cccc(Cl)n3)CC2)C1. The molecule has 2 saturated heterocycles. The van der Waals surface area contributed by atoms with Crippen LogP contribution < -0.4 is 0 Å². The van der Waals surface area contributed by atoms with Gasteiger partial charge in [-0.15, -0.1) is 0 Å². The number of aromatic nitrogens is 1. The summed E-state index contributed by atoms with van der Waals surface area (Å²) in [5.74, 6) is -0.0395. The first kappa shape index (κ1) is 16.7. The summed E-state index contributed by atoms with van der Waals surface area (Å²) in [6, 6.07) is 5.74. The molecule has 2 aliphatic heterocycles. The summed E-state index contributed by atoms with van der Waals surface area (Å²) in [6.45, 7) is 2.24. The highest BCUT2D eigenvalue weighted by atomic mass is 35.5. The predicted octanol–water partition coefficient (Wildman–Crippen LogP) is 2.45. The van der Waals surface area contributed by atoms with E-state index in [9.17, 15) is 4.79 Å². The molecule has 1 atom stereocenters. The Morgan fingerprint density at radius 1 is 1.39 bits per heavy atom. The zero-order chi connectivity index (χ0) is 16.4. The van der Waals surface area contributed by atoms with Crippen molar-refractivity contribution >= 4 is 17.5 Å². The van der Waals surface area contributed by atoms with Gasteiger partial charge in [-0.05, 0) is 51.9 Å². The van der Waals surface area contributed by atoms with Crippen LogP contribution in [0, 0.1) is 0 Å². The van der Waals surface area contributed by atoms with Gasteiger partial charge in [0, 0.05) is 25.7 Å². The fourth-order valence-corrected chi connectivity index (χ4v) is 3.76. The van der Waals surface area contributed by atoms with Gasteiger partial charge in [0.05, 0.1) is 5.60 Å². The smallest absolute Gasteiger partial charge is 0.272 e. The van der Waals surface area contributed by atoms with Gasteiger partial charge in [-0.1, -0.05) is 17.7 Å². The fourth-order valence-electron chi connectivity index (χ4n) is 3.60. The van der Waals surface area contributed by atoms with Gasteiger partial charge in [-0.2, -0.15) is 0 Å². The Balaban J connectivity index is 1.63. The molecule has 0 aliphatic carbocycles. The molecule has 1 amide bonds. The van der Waals surface area contributed by atoms with Gasteiger partial charge in [-0.25, -0.2) is 4.98 Å². The zero-order valence-corrected chi connectivity index (χ0v) is 14.6. The first-order valence-corrected chi connectivity index (χ1v) is 8.59. The summed E-state index contributed by atoms with van der Waals surface area (Å²) in [6.07, 6.45) is 3.93. The van der Waals surface area contributed by atoms with E-state index < -0.39 is 0 Å². The molecule has 0 radical (unpaired) electrons. The van der Waals surface area contributed by atoms with Crippen LogP contribution >= 0.6 is 11.6 Å². The van der Waals surface area contributed by atoms with Gasteiger partial charge >= 0.3 is 0 Å². The van der Waals surface area contributed by atoms with Crippen molar-refractivity contribution in [1.29, 1.82) is 0 Å². The predicted molar refractivity (Wildman–Crippen MR) is 89.8 cm³/mol. The molecule has 2 fully saturated rings. The van der Waals surface area contributed by atoms with Crippen molar-refractivity contribution in [1.82, 2.24) is 14.8 Å². The van der Waals surface area contributed by atoms with Crippen LogP contribution in [0.2, 0.25) is 5.15 Å². The number of rotatable bonds is 2. The highest BCUT2D eigenvalue weighted by Gasteiger charge is 2.41. The number of hydrogen-bond acceptors (Lipinski definition) is 4. The van der Waals surface area contributed by atoms with Crippen LogP contribution in [0.3, 0.4) is 0 Å². The molecular formula is C17H24ClN3O2. The summed E-state index contributed by atoms with van der Waals surface area (Å²) in [5.41, 5.74) is 0.357. The van der Waals surface area contributed by atoms with Crippen molar-refractivity contribution in [2.75, 3.05) is 33.8 Å². The Labute approximate surface area is 142 Å². The van der Waals surface area contributed by atoms with E-state index in [2.05, 4.69) is 24.0 Å². The average Bonchev–Trinajstić information content (AvgIpc) is 2.55. The largest absolute Gasteiger partial charge is 0.375 e. The summed E-state index contributed by atoms with van der Waals surface area (Å²) in [4.78, 5) is 20.8. The van der Waals surface area contributed by atoms with E-state index in [0.29, 0.717) is 30.0 Å². The van der Waals surface area contributed by atoms with Crippen molar-refractivity contribution in [3.05, 3.63) is 29.0 Å². The maximum Gasteiger partial charge on any atom is 0.272 e. The van der Waals surface area contributed by atoms with Crippen LogP contribution in [0.15, 0.2) is 18.2 Å². The van der Waals surface area contributed by atoms with E-state index in [-0.39, 0.29) is 11.5 Å². The lowest BCUT2D eigenvalue weighted by atomic mass is 9.82. The maximum absolute atomic E-state index is 12.6. The maximum atomic E-state index is 12.6. The number of hydrogen-bond donors (Lipinski definition) is 0. The number of amides is 1. The third kappa shape index (κ3) is 3.67. The van der Waals surface area contributed by atoms with Crippen LogP contribution in [0.4, 0.5) is 0 Å². The standard InChI is InChI=1S/C17H24ClN3O2/c1-20(2)13-6-11-23-17(12-13)7-9-21(10-8-17)16(22)14-4-3-5-15(18)19-14/h3-5,13H,6-12H2,1-2H3. The highest BCUT2D eigenvalue weighted by molar-refractivity contribution is 6.29. The van der Waals surface area contributed by atoms with E-state index in [1.807, 2.05) is 4.90 Å². The quantitative estimate of drug-likeness (QED) is 0.778. The highest BCUT2D eigenvalue weighted by Crippen LogP contribution is 2.36. The molecule has 0 saturated carbocycles. The molecule has 1 unspecified atom stereocenters. The van der Waals surface area contributed by atoms with Crippen molar-refractivity contribution in [2.45, 2.75) is 37.3 Å². The molecule has 3 heterocycles. The molecule has 23 heavy (non-hydrogen) atoms. The number of carbonyl (C=O) groups excluding carboxylic acids is 1. The zero-order valence-electron chi connectivity index (χ0n) is 13.8. The van der Waals surface area contributed by atoms with Gasteiger partial charge < -0.3 is 14.5 Å². The van der Waals surface area contributed by atoms with Crippen LogP contribution in [0.25, 0.3) is 0 Å². The average molecular weight is 338 g/mol. The van der Waals surface area contributed by atoms with E-state index in [1.165, 1.54) is 0 Å². The van der Waals surface area contributed by atoms with E-state index in [0.717, 1.165) is 32.3 Å². The number of ether oxygens (including phenoxy) is 1. The summed E-state index contributed by atoms with van der Waals surface area (Å²) in [5, 5.41) is 0.355. The molecule has 1 aromatic heterocycles. The number of likely N-dealkylation sites (tertiary alicyclic amines) is 1. The molecule has 0 aromatic carbocycles. The number of pyridine rings is 1. The monoisotopic (exact) mass is 337 g/mol. The van der Waals surface area contributed by atoms with Gasteiger partial charge in [0.25, 0.3) is 5.91 Å². The molecule has 126 valence electrons. The summed E-state index contributed by atoms with van der Waals surface area (Å²) < 4.78 is 6.14. The topological polar surface area (TPSA) is 45.7 Å². The molecule has 1 spiro atoms. The van der Waals surface area contributed by atoms with Gasteiger partial charge in [0.1, 0.15) is 10.8 Å². The molecular weight excluding hydrogens is 314 g/mol. The molecule has 2 aliphatic rings. The Morgan fingerprint density at radius 3 is 2.78 bits per heavy atom. The minimum atomic E-state index is -0.0638. The minimum absolute atomic E-state index is 0.0395. The van der Waals surface area contributed by atoms with E-state index in [4.69, 9.17) is 16.3 Å². The second kappa shape index (κ2) is 6.75. The Morgan fingerprint density at radius 2 is 2.13 bits per heavy atom. The van der Waals surface area contributed by atoms with Crippen molar-refractivity contribution in [3.63, 3.8) is 0 Å². The van der Waals surface area contributed by atoms with Gasteiger partial charge in [0.2, 0.25) is 0 Å². The second-order valence-electron chi connectivity index (χ2n) is 6.78. The van der Waals surface area contributed by atoms with Gasteiger partial charge in [0.15, 0.2) is 0 Å². The first-order valence-electron chi connectivity index (χ1n) is 8.21. The van der Waals surface area contributed by atoms with E-state index in [1.54, 1.807) is 18.2 Å². The third-order valence-corrected chi connectivity index (χ3v) is 5.30. The van der Waals surface area contributed by atoms with Crippen molar-refractivity contribution in [3.8, 4) is 0 Å². The normalized spacial score (nSPS) is 24.2. The number of piperidine rings is 1.